The van der Waals surface area contributed by atoms with Crippen LogP contribution in [-0.2, 0) is 14.3 Å². The number of piperidine rings is 2. The van der Waals surface area contributed by atoms with E-state index < -0.39 is 31.3 Å². The molecule has 11 rings (SSSR count). The Morgan fingerprint density at radius 2 is 1.53 bits per heavy atom. The Bertz CT molecular complexity index is 3610. The molecule has 17 nitrogen and oxygen atoms in total. The molecule has 0 radical (unpaired) electrons. The number of fused-ring (bicyclic) bond motifs is 4. The van der Waals surface area contributed by atoms with Crippen molar-refractivity contribution in [1.82, 2.24) is 35.0 Å². The SMILES string of the molecule is COCOc1cc(-c2ncc3c(N4CC5CCC(C4)N5C(=O)OC(C)(C)C)nc(OCC4CCN(CCCC5CCC6(CC5)CCN(C(=O)c5ccc(Cl)c(N7CCC(=O)NC7=O)c5)CC6)CC4)nc3c2F)c2c(C#C[Si](C(C)C)(C(C)C)C(C)C)c(F)ccc2c1. The maximum Gasteiger partial charge on any atom is 0.410 e. The maximum absolute atomic E-state index is 18.2. The van der Waals surface area contributed by atoms with Crippen LogP contribution in [0.15, 0.2) is 48.7 Å². The van der Waals surface area contributed by atoms with E-state index >= 15 is 8.78 Å². The molecule has 3 aromatic carbocycles. The zero-order valence-corrected chi connectivity index (χ0v) is 57.2. The first-order valence-corrected chi connectivity index (χ1v) is 36.1. The van der Waals surface area contributed by atoms with Crippen LogP contribution >= 0.6 is 11.6 Å². The number of methoxy groups -OCH3 is 1. The summed E-state index contributed by atoms with van der Waals surface area (Å²) in [6, 6.07) is 10.8. The third kappa shape index (κ3) is 14.1. The van der Waals surface area contributed by atoms with Gasteiger partial charge in [0.25, 0.3) is 5.91 Å². The minimum Gasteiger partial charge on any atom is -0.468 e. The summed E-state index contributed by atoms with van der Waals surface area (Å²) < 4.78 is 58.6. The number of nitrogens with zero attached hydrogens (tertiary/aromatic N) is 8. The second kappa shape index (κ2) is 27.7. The van der Waals surface area contributed by atoms with Gasteiger partial charge in [-0.3, -0.25) is 29.7 Å². The molecule has 6 aliphatic rings. The van der Waals surface area contributed by atoms with E-state index in [-0.39, 0.29) is 83.9 Å². The van der Waals surface area contributed by atoms with Gasteiger partial charge in [-0.25, -0.2) is 18.4 Å². The topological polar surface area (TPSA) is 172 Å². The van der Waals surface area contributed by atoms with Crippen LogP contribution in [0.2, 0.25) is 21.6 Å². The molecule has 1 aliphatic carbocycles. The number of likely N-dealkylation sites (tertiary alicyclic amines) is 2. The summed E-state index contributed by atoms with van der Waals surface area (Å²) in [6.45, 7) is 24.6. The fraction of sp³-hybridized carbons (Fsp3) is 0.592. The number of aromatic nitrogens is 3. The molecular formula is C71H92ClF2N9O8Si. The summed E-state index contributed by atoms with van der Waals surface area (Å²) >= 11 is 6.49. The van der Waals surface area contributed by atoms with Gasteiger partial charge in [-0.1, -0.05) is 65.1 Å². The van der Waals surface area contributed by atoms with E-state index in [9.17, 15) is 19.2 Å². The van der Waals surface area contributed by atoms with Gasteiger partial charge in [0.05, 0.1) is 40.4 Å². The Kier molecular flexibility index (Phi) is 20.1. The van der Waals surface area contributed by atoms with Crippen LogP contribution in [0.1, 0.15) is 162 Å². The molecule has 494 valence electrons. The predicted octanol–water partition coefficient (Wildman–Crippen LogP) is 14.3. The van der Waals surface area contributed by atoms with Crippen molar-refractivity contribution in [3.8, 4) is 34.5 Å². The molecule has 21 heteroatoms. The number of benzene rings is 3. The number of hydrogen-bond acceptors (Lipinski definition) is 13. The molecule has 6 fully saturated rings. The largest absolute Gasteiger partial charge is 0.468 e. The number of ether oxygens (including phenoxy) is 4. The highest BCUT2D eigenvalue weighted by Crippen LogP contribution is 2.48. The molecule has 5 aromatic rings. The number of imide groups is 1. The predicted molar refractivity (Wildman–Crippen MR) is 358 cm³/mol. The van der Waals surface area contributed by atoms with E-state index in [1.54, 1.807) is 42.6 Å². The van der Waals surface area contributed by atoms with Crippen molar-refractivity contribution in [3.05, 3.63) is 76.4 Å². The van der Waals surface area contributed by atoms with Crippen LogP contribution in [0.4, 0.5) is 29.9 Å². The molecule has 2 bridgehead atoms. The number of hydrogen-bond donors (Lipinski definition) is 1. The zero-order chi connectivity index (χ0) is 65.4. The Morgan fingerprint density at radius 3 is 2.18 bits per heavy atom. The second-order valence-electron chi connectivity index (χ2n) is 28.8. The highest BCUT2D eigenvalue weighted by atomic mass is 35.5. The molecule has 5 aliphatic heterocycles. The Balaban J connectivity index is 0.763. The number of rotatable bonds is 17. The molecular weight excluding hydrogens is 1210 g/mol. The summed E-state index contributed by atoms with van der Waals surface area (Å²) in [5.74, 6) is 3.54. The van der Waals surface area contributed by atoms with Crippen LogP contribution in [-0.4, -0.2) is 152 Å². The van der Waals surface area contributed by atoms with Gasteiger partial charge < -0.3 is 33.6 Å². The highest BCUT2D eigenvalue weighted by Gasteiger charge is 2.46. The number of nitrogens with one attached hydrogen (secondary N) is 1. The van der Waals surface area contributed by atoms with E-state index in [2.05, 4.69) is 68.1 Å². The number of anilines is 2. The summed E-state index contributed by atoms with van der Waals surface area (Å²) in [6.07, 6.45) is 14.0. The standard InChI is InChI=1S/C71H92ClF2N9O8Si/c1-44(2)92(45(3)4,46(5)6)35-24-54-58(73)18-14-49-36-53(90-43-88-10)38-55(61(49)54)63-62(74)64-56(39-75-63)65(81-40-51-15-16-52(41-81)83(51)69(87)91-70(7,8)9)78-67(77-64)89-42-48-21-30-79(31-22-48)29-11-12-47-19-25-71(26-20-47)27-33-80(34-28-71)66(85)50-13-17-57(72)59(37-50)82-32-23-60(84)76-68(82)86/h13-14,17-18,36-39,44-48,51-52H,11-12,15-16,19-23,25-34,40-43H2,1-10H3,(H,76,84,86). The van der Waals surface area contributed by atoms with E-state index in [0.717, 1.165) is 64.6 Å². The first-order valence-electron chi connectivity index (χ1n) is 33.5. The zero-order valence-electron chi connectivity index (χ0n) is 55.4. The molecule has 2 aromatic heterocycles. The van der Waals surface area contributed by atoms with Gasteiger partial charge in [0.2, 0.25) is 5.91 Å². The van der Waals surface area contributed by atoms with E-state index in [0.29, 0.717) is 105 Å². The molecule has 2 atom stereocenters. The second-order valence-corrected chi connectivity index (χ2v) is 34.8. The molecule has 1 spiro atoms. The molecule has 2 unspecified atom stereocenters. The normalized spacial score (nSPS) is 20.2. The summed E-state index contributed by atoms with van der Waals surface area (Å²) in [4.78, 5) is 76.5. The van der Waals surface area contributed by atoms with Gasteiger partial charge in [0, 0.05) is 69.0 Å². The van der Waals surface area contributed by atoms with Crippen molar-refractivity contribution in [2.24, 2.45) is 17.3 Å². The molecule has 92 heavy (non-hydrogen) atoms. The van der Waals surface area contributed by atoms with Gasteiger partial charge in [0.15, 0.2) is 12.6 Å². The average Bonchev–Trinajstić information content (AvgIpc) is 1.29. The van der Waals surface area contributed by atoms with Crippen molar-refractivity contribution in [2.45, 2.75) is 180 Å². The van der Waals surface area contributed by atoms with Gasteiger partial charge >= 0.3 is 18.1 Å². The summed E-state index contributed by atoms with van der Waals surface area (Å²) in [7, 11) is -0.828. The number of amides is 5. The quantitative estimate of drug-likeness (QED) is 0.0530. The summed E-state index contributed by atoms with van der Waals surface area (Å²) in [5, 5.41) is 4.11. The molecule has 1 N–H and O–H groups in total. The third-order valence-electron chi connectivity index (χ3n) is 21.0. The number of carbonyl (C=O) groups is 4. The minimum absolute atomic E-state index is 0.0154. The molecule has 5 saturated heterocycles. The van der Waals surface area contributed by atoms with Gasteiger partial charge in [-0.15, -0.1) is 5.54 Å². The van der Waals surface area contributed by atoms with Crippen LogP contribution in [0.5, 0.6) is 11.8 Å². The van der Waals surface area contributed by atoms with Crippen molar-refractivity contribution in [1.29, 1.82) is 0 Å². The van der Waals surface area contributed by atoms with Crippen LogP contribution < -0.4 is 24.6 Å². The number of pyridine rings is 1. The number of carbonyl (C=O) groups excluding carboxylic acids is 4. The van der Waals surface area contributed by atoms with E-state index in [1.165, 1.54) is 50.2 Å². The van der Waals surface area contributed by atoms with Crippen molar-refractivity contribution >= 4 is 76.8 Å². The van der Waals surface area contributed by atoms with Crippen LogP contribution in [0, 0.1) is 40.3 Å². The lowest BCUT2D eigenvalue weighted by Gasteiger charge is -2.46. The molecule has 7 heterocycles. The lowest BCUT2D eigenvalue weighted by atomic mass is 9.65. The van der Waals surface area contributed by atoms with Crippen LogP contribution in [0.3, 0.4) is 0 Å². The van der Waals surface area contributed by atoms with Gasteiger partial charge in [-0.05, 0) is 193 Å². The fourth-order valence-electron chi connectivity index (χ4n) is 16.0. The molecule has 1 saturated carbocycles. The first kappa shape index (κ1) is 66.8. The Hall–Kier alpha value is -6.66. The summed E-state index contributed by atoms with van der Waals surface area (Å²) in [5.41, 5.74) is 5.57. The smallest absolute Gasteiger partial charge is 0.410 e. The van der Waals surface area contributed by atoms with E-state index in [4.69, 9.17) is 45.5 Å². The lowest BCUT2D eigenvalue weighted by Crippen LogP contribution is -2.57. The monoisotopic (exact) mass is 1300 g/mol. The minimum atomic E-state index is -2.35. The highest BCUT2D eigenvalue weighted by molar-refractivity contribution is 6.90. The van der Waals surface area contributed by atoms with Gasteiger partial charge in [-0.2, -0.15) is 9.97 Å². The Labute approximate surface area is 547 Å². The first-order chi connectivity index (χ1) is 43.9. The lowest BCUT2D eigenvalue weighted by molar-refractivity contribution is -0.120. The average molecular weight is 1300 g/mol. The van der Waals surface area contributed by atoms with Crippen molar-refractivity contribution in [3.63, 3.8) is 0 Å². The maximum atomic E-state index is 18.2. The number of urea groups is 1. The number of halogens is 3. The van der Waals surface area contributed by atoms with E-state index in [1.807, 2.05) is 30.6 Å². The fourth-order valence-corrected chi connectivity index (χ4v) is 21.4. The van der Waals surface area contributed by atoms with Crippen molar-refractivity contribution in [2.75, 3.05) is 82.7 Å². The van der Waals surface area contributed by atoms with Gasteiger partial charge in [0.1, 0.15) is 42.3 Å². The Morgan fingerprint density at radius 1 is 0.837 bits per heavy atom. The molecule has 5 amide bonds. The van der Waals surface area contributed by atoms with Crippen LogP contribution in [0.25, 0.3) is 32.9 Å². The third-order valence-corrected chi connectivity index (χ3v) is 27.6. The number of piperazine rings is 1. The van der Waals surface area contributed by atoms with Crippen molar-refractivity contribution < 1.29 is 46.9 Å².